The minimum atomic E-state index is -1.71. The molecule has 0 amide bonds. The van der Waals surface area contributed by atoms with E-state index in [1.807, 2.05) is 31.2 Å². The summed E-state index contributed by atoms with van der Waals surface area (Å²) in [6, 6.07) is 7.49. The number of hydrogen-bond donors (Lipinski definition) is 7. The molecule has 0 saturated carbocycles. The fourth-order valence-corrected chi connectivity index (χ4v) is 3.56. The maximum Gasteiger partial charge on any atom is 0.189 e. The Hall–Kier alpha value is -1.22. The predicted octanol–water partition coefficient (Wildman–Crippen LogP) is -2.86. The van der Waals surface area contributed by atoms with Crippen molar-refractivity contribution >= 4 is 0 Å². The fraction of sp³-hybridized carbons (Fsp3) is 0.700. The van der Waals surface area contributed by atoms with Gasteiger partial charge < -0.3 is 54.7 Å². The Kier molecular flexibility index (Phi) is 8.35. The lowest BCUT2D eigenvalue weighted by molar-refractivity contribution is -0.378. The van der Waals surface area contributed by atoms with Gasteiger partial charge in [-0.05, 0) is 12.5 Å². The Morgan fingerprint density at radius 3 is 1.87 bits per heavy atom. The van der Waals surface area contributed by atoms with Crippen LogP contribution < -0.4 is 0 Å². The Labute approximate surface area is 179 Å². The summed E-state index contributed by atoms with van der Waals surface area (Å²) in [6.07, 6.45) is -14.6. The van der Waals surface area contributed by atoms with Crippen LogP contribution in [0.1, 0.15) is 11.1 Å². The molecule has 176 valence electrons. The Bertz CT molecular complexity index is 682. The summed E-state index contributed by atoms with van der Waals surface area (Å²) in [7, 11) is 0. The fourth-order valence-electron chi connectivity index (χ4n) is 3.56. The van der Waals surface area contributed by atoms with E-state index >= 15 is 0 Å². The first kappa shape index (κ1) is 24.4. The molecule has 0 radical (unpaired) electrons. The molecule has 1 aromatic rings. The molecule has 0 bridgehead atoms. The molecule has 1 aromatic carbocycles. The van der Waals surface area contributed by atoms with E-state index in [1.165, 1.54) is 0 Å². The van der Waals surface area contributed by atoms with Crippen LogP contribution in [0.4, 0.5) is 0 Å². The number of ether oxygens (including phenoxy) is 4. The maximum absolute atomic E-state index is 10.5. The van der Waals surface area contributed by atoms with Crippen molar-refractivity contribution in [3.63, 3.8) is 0 Å². The highest BCUT2D eigenvalue weighted by molar-refractivity contribution is 5.20. The summed E-state index contributed by atoms with van der Waals surface area (Å²) in [6.45, 7) is 0.830. The molecule has 10 atom stereocenters. The third-order valence-electron chi connectivity index (χ3n) is 5.50. The van der Waals surface area contributed by atoms with Crippen molar-refractivity contribution in [1.29, 1.82) is 0 Å². The third-order valence-corrected chi connectivity index (χ3v) is 5.50. The normalized spacial score (nSPS) is 41.3. The molecule has 31 heavy (non-hydrogen) atoms. The van der Waals surface area contributed by atoms with Crippen LogP contribution in [0.25, 0.3) is 0 Å². The van der Waals surface area contributed by atoms with Gasteiger partial charge in [0.15, 0.2) is 12.6 Å². The predicted molar refractivity (Wildman–Crippen MR) is 102 cm³/mol. The summed E-state index contributed by atoms with van der Waals surface area (Å²) in [5, 5.41) is 69.7. The zero-order valence-corrected chi connectivity index (χ0v) is 17.0. The SMILES string of the molecule is Cc1ccc(CO[C@H]2[C@H](O)[C@@H](O)[C@@H](O[C@H]3O[C@H](CO)[C@@H](O)[C@H](O)[C@H]3O)O[C@@H]2CO)cc1. The summed E-state index contributed by atoms with van der Waals surface area (Å²) in [5.74, 6) is 0. The van der Waals surface area contributed by atoms with Crippen LogP contribution in [-0.4, -0.2) is 110 Å². The molecule has 2 fully saturated rings. The molecule has 0 spiro atoms. The lowest BCUT2D eigenvalue weighted by Crippen LogP contribution is -2.64. The first-order chi connectivity index (χ1) is 14.8. The van der Waals surface area contributed by atoms with Crippen molar-refractivity contribution in [3.8, 4) is 0 Å². The van der Waals surface area contributed by atoms with Crippen LogP contribution in [0.2, 0.25) is 0 Å². The van der Waals surface area contributed by atoms with Gasteiger partial charge in [0.2, 0.25) is 0 Å². The molecule has 2 aliphatic rings. The molecule has 0 aliphatic carbocycles. The van der Waals surface area contributed by atoms with Gasteiger partial charge in [-0.1, -0.05) is 29.8 Å². The zero-order valence-electron chi connectivity index (χ0n) is 17.0. The molecule has 11 nitrogen and oxygen atoms in total. The summed E-state index contributed by atoms with van der Waals surface area (Å²) < 4.78 is 21.8. The van der Waals surface area contributed by atoms with E-state index in [2.05, 4.69) is 0 Å². The standard InChI is InChI=1S/C20H30O11/c1-9-2-4-10(5-3-9)8-28-18-12(7-22)30-20(17(27)15(18)25)31-19-16(26)14(24)13(23)11(6-21)29-19/h2-5,11-27H,6-8H2,1H3/t11-,12-,13-,14+,15-,16-,17-,18-,19-,20-/m1/s1. The monoisotopic (exact) mass is 446 g/mol. The van der Waals surface area contributed by atoms with Gasteiger partial charge in [0.25, 0.3) is 0 Å². The first-order valence-corrected chi connectivity index (χ1v) is 10.0. The van der Waals surface area contributed by atoms with Crippen molar-refractivity contribution in [1.82, 2.24) is 0 Å². The van der Waals surface area contributed by atoms with Crippen molar-refractivity contribution in [2.75, 3.05) is 13.2 Å². The van der Waals surface area contributed by atoms with Gasteiger partial charge in [-0.15, -0.1) is 0 Å². The highest BCUT2D eigenvalue weighted by atomic mass is 16.8. The number of aliphatic hydroxyl groups is 7. The summed E-state index contributed by atoms with van der Waals surface area (Å²) in [5.41, 5.74) is 1.89. The van der Waals surface area contributed by atoms with Crippen LogP contribution in [-0.2, 0) is 25.6 Å². The lowest BCUT2D eigenvalue weighted by atomic mass is 9.98. The van der Waals surface area contributed by atoms with Crippen molar-refractivity contribution in [2.24, 2.45) is 0 Å². The topological polar surface area (TPSA) is 179 Å². The van der Waals surface area contributed by atoms with Gasteiger partial charge in [-0.2, -0.15) is 0 Å². The summed E-state index contributed by atoms with van der Waals surface area (Å²) in [4.78, 5) is 0. The minimum Gasteiger partial charge on any atom is -0.394 e. The molecule has 7 N–H and O–H groups in total. The molecule has 0 aromatic heterocycles. The van der Waals surface area contributed by atoms with Crippen molar-refractivity contribution in [3.05, 3.63) is 35.4 Å². The number of benzene rings is 1. The van der Waals surface area contributed by atoms with Crippen LogP contribution >= 0.6 is 0 Å². The second kappa shape index (κ2) is 10.6. The quantitative estimate of drug-likeness (QED) is 0.229. The second-order valence-electron chi connectivity index (χ2n) is 7.80. The largest absolute Gasteiger partial charge is 0.394 e. The van der Waals surface area contributed by atoms with Crippen molar-refractivity contribution < 1.29 is 54.7 Å². The maximum atomic E-state index is 10.5. The number of rotatable bonds is 7. The van der Waals surface area contributed by atoms with Crippen molar-refractivity contribution in [2.45, 2.75) is 74.9 Å². The van der Waals surface area contributed by atoms with E-state index in [-0.39, 0.29) is 6.61 Å². The Balaban J connectivity index is 1.64. The first-order valence-electron chi connectivity index (χ1n) is 10.0. The lowest BCUT2D eigenvalue weighted by Gasteiger charge is -2.45. The van der Waals surface area contributed by atoms with E-state index in [4.69, 9.17) is 18.9 Å². The van der Waals surface area contributed by atoms with E-state index in [0.29, 0.717) is 0 Å². The van der Waals surface area contributed by atoms with Gasteiger partial charge in [-0.3, -0.25) is 0 Å². The summed E-state index contributed by atoms with van der Waals surface area (Å²) >= 11 is 0. The number of hydrogen-bond acceptors (Lipinski definition) is 11. The zero-order chi connectivity index (χ0) is 22.7. The molecule has 11 heteroatoms. The van der Waals surface area contributed by atoms with E-state index in [1.54, 1.807) is 0 Å². The Morgan fingerprint density at radius 1 is 0.742 bits per heavy atom. The molecule has 3 rings (SSSR count). The molecule has 0 unspecified atom stereocenters. The van der Waals surface area contributed by atoms with Gasteiger partial charge in [-0.25, -0.2) is 0 Å². The van der Waals surface area contributed by atoms with E-state index < -0.39 is 74.6 Å². The molecule has 2 saturated heterocycles. The smallest absolute Gasteiger partial charge is 0.189 e. The molecule has 2 aliphatic heterocycles. The van der Waals surface area contributed by atoms with Crippen LogP contribution in [0.5, 0.6) is 0 Å². The average Bonchev–Trinajstić information content (AvgIpc) is 2.77. The van der Waals surface area contributed by atoms with Crippen LogP contribution in [0.15, 0.2) is 24.3 Å². The van der Waals surface area contributed by atoms with Gasteiger partial charge >= 0.3 is 0 Å². The minimum absolute atomic E-state index is 0.104. The number of aliphatic hydroxyl groups excluding tert-OH is 7. The Morgan fingerprint density at radius 2 is 1.29 bits per heavy atom. The van der Waals surface area contributed by atoms with Gasteiger partial charge in [0.1, 0.15) is 48.8 Å². The second-order valence-corrected chi connectivity index (χ2v) is 7.80. The van der Waals surface area contributed by atoms with Crippen LogP contribution in [0, 0.1) is 6.92 Å². The average molecular weight is 446 g/mol. The van der Waals surface area contributed by atoms with E-state index in [0.717, 1.165) is 11.1 Å². The van der Waals surface area contributed by atoms with E-state index in [9.17, 15) is 35.7 Å². The van der Waals surface area contributed by atoms with Gasteiger partial charge in [0, 0.05) is 0 Å². The molecular formula is C20H30O11. The highest BCUT2D eigenvalue weighted by Gasteiger charge is 2.50. The van der Waals surface area contributed by atoms with Gasteiger partial charge in [0.05, 0.1) is 19.8 Å². The third kappa shape index (κ3) is 5.41. The van der Waals surface area contributed by atoms with Crippen LogP contribution in [0.3, 0.4) is 0 Å². The highest BCUT2D eigenvalue weighted by Crippen LogP contribution is 2.29. The molecular weight excluding hydrogens is 416 g/mol. The molecule has 2 heterocycles. The number of aryl methyl sites for hydroxylation is 1.